The lowest BCUT2D eigenvalue weighted by molar-refractivity contribution is -0.318. The highest BCUT2D eigenvalue weighted by Gasteiger charge is 2.76. The smallest absolute Gasteiger partial charge is 0.311 e. The van der Waals surface area contributed by atoms with Crippen LogP contribution in [-0.2, 0) is 52.3 Å². The van der Waals surface area contributed by atoms with Crippen LogP contribution >= 0.6 is 0 Å². The molecule has 8 N–H and O–H groups in total. The number of cyclic esters (lactones) is 1. The predicted molar refractivity (Wildman–Crippen MR) is 316 cm³/mol. The monoisotopic (exact) mass is 1220 g/mol. The third-order valence-corrected chi connectivity index (χ3v) is 22.1. The third-order valence-electron chi connectivity index (χ3n) is 22.1. The van der Waals surface area contributed by atoms with Gasteiger partial charge in [-0.3, -0.25) is 19.2 Å². The second-order valence-electron chi connectivity index (χ2n) is 28.6. The van der Waals surface area contributed by atoms with E-state index in [4.69, 9.17) is 33.2 Å². The number of esters is 2. The Balaban J connectivity index is 1.02. The number of likely N-dealkylation sites (N-methyl/N-ethyl adjacent to an activating group) is 2. The highest BCUT2D eigenvalue weighted by atomic mass is 19.1. The Morgan fingerprint density at radius 1 is 0.884 bits per heavy atom. The van der Waals surface area contributed by atoms with Gasteiger partial charge in [-0.05, 0) is 151 Å². The first kappa shape index (κ1) is 70.4. The molecular formula is C64H107FN4O17. The molecule has 0 aromatic carbocycles. The fraction of sp³-hybridized carbons (Fsp3) is 0.875. The molecule has 1 amide bonds. The number of ketones is 1. The average molecular weight is 1220 g/mol. The van der Waals surface area contributed by atoms with Crippen molar-refractivity contribution in [2.75, 3.05) is 54.4 Å². The number of allylic oxidation sites excluding steroid dienone is 4. The zero-order valence-electron chi connectivity index (χ0n) is 54.3. The van der Waals surface area contributed by atoms with Crippen molar-refractivity contribution in [2.45, 2.75) is 255 Å². The van der Waals surface area contributed by atoms with E-state index in [1.54, 1.807) is 75.3 Å². The summed E-state index contributed by atoms with van der Waals surface area (Å²) in [4.78, 5) is 58.5. The Labute approximate surface area is 509 Å². The van der Waals surface area contributed by atoms with Crippen LogP contribution in [-0.4, -0.2) is 226 Å². The van der Waals surface area contributed by atoms with Crippen LogP contribution in [0.1, 0.15) is 148 Å². The van der Waals surface area contributed by atoms with E-state index in [1.165, 1.54) is 26.2 Å². The maximum Gasteiger partial charge on any atom is 0.311 e. The number of methoxy groups -OCH3 is 1. The summed E-state index contributed by atoms with van der Waals surface area (Å²) in [5.74, 6) is -5.98. The number of ether oxygens (including phenoxy) is 7. The van der Waals surface area contributed by atoms with E-state index in [0.29, 0.717) is 37.8 Å². The molecule has 0 radical (unpaired) electrons. The van der Waals surface area contributed by atoms with Gasteiger partial charge in [0, 0.05) is 74.5 Å². The van der Waals surface area contributed by atoms with E-state index < -0.39 is 154 Å². The van der Waals surface area contributed by atoms with Crippen molar-refractivity contribution in [3.05, 3.63) is 23.8 Å². The van der Waals surface area contributed by atoms with Gasteiger partial charge in [0.15, 0.2) is 35.7 Å². The second-order valence-corrected chi connectivity index (χ2v) is 28.6. The number of carbonyl (C=O) groups is 4. The normalized spacial score (nSPS) is 48.0. The van der Waals surface area contributed by atoms with Gasteiger partial charge in [-0.25, -0.2) is 4.39 Å². The summed E-state index contributed by atoms with van der Waals surface area (Å²) < 4.78 is 62.7. The van der Waals surface area contributed by atoms with Crippen molar-refractivity contribution in [1.82, 2.24) is 20.4 Å². The standard InChI is InChI=1S/C64H107FN4O17/c1-18-47-62(13,78)52(74)39(7)69(16)33-34(2)30-60(11,77)53(86-56-50(73)45(68(14)15)28-36(4)81-56)37(5)51(38(6)55(75)83-47)85-49-32-61(12,80-17)54(40(8)82-49)84-48(72)22-24-66-25-26-67-57(76)64(79)35(3)27-44-43-20-19-41-29-42(70)21-23-58(41,9)63(43,65)46(71)31-59(44,64)10/h21,23,29,34-40,43-47,49-54,56,66,71,73-74,77-79H,18-20,22,24-28,30-33H2,1-17H3,(H,67,76)/t34-,35-,36-,37-,38-,39-,40+,43?,44?,45+,46+,47-,49?,50-,51+,52-,53-,54+,56?,58+,59+,60-,61-,62-,63+,64+/m1/s1. The van der Waals surface area contributed by atoms with Gasteiger partial charge in [0.2, 0.25) is 0 Å². The van der Waals surface area contributed by atoms with Crippen molar-refractivity contribution in [1.29, 1.82) is 0 Å². The fourth-order valence-corrected chi connectivity index (χ4v) is 16.9. The van der Waals surface area contributed by atoms with Crippen LogP contribution in [0.15, 0.2) is 23.8 Å². The summed E-state index contributed by atoms with van der Waals surface area (Å²) in [5, 5.41) is 78.5. The molecular weight excluding hydrogens is 1120 g/mol. The Bertz CT molecular complexity index is 2470. The molecule has 26 atom stereocenters. The molecule has 0 bridgehead atoms. The Morgan fingerprint density at radius 3 is 2.20 bits per heavy atom. The van der Waals surface area contributed by atoms with Crippen molar-refractivity contribution < 1.29 is 87.4 Å². The summed E-state index contributed by atoms with van der Waals surface area (Å²) in [5.41, 5.74) is -10.4. The molecule has 7 rings (SSSR count). The zero-order chi connectivity index (χ0) is 64.2. The van der Waals surface area contributed by atoms with Crippen LogP contribution in [0.2, 0.25) is 0 Å². The van der Waals surface area contributed by atoms with Gasteiger partial charge in [0.1, 0.15) is 29.5 Å². The largest absolute Gasteiger partial charge is 0.459 e. The van der Waals surface area contributed by atoms with E-state index in [0.717, 1.165) is 0 Å². The number of hydrogen-bond donors (Lipinski definition) is 8. The number of alkyl halides is 1. The van der Waals surface area contributed by atoms with Crippen LogP contribution in [0, 0.1) is 46.3 Å². The Morgan fingerprint density at radius 2 is 1.56 bits per heavy atom. The second kappa shape index (κ2) is 26.6. The molecule has 86 heavy (non-hydrogen) atoms. The van der Waals surface area contributed by atoms with Gasteiger partial charge in [-0.15, -0.1) is 0 Å². The number of rotatable bonds is 15. The van der Waals surface area contributed by atoms with E-state index in [1.807, 2.05) is 44.8 Å². The summed E-state index contributed by atoms with van der Waals surface area (Å²) in [6.07, 6.45) is -5.54. The number of fused-ring (bicyclic) bond motifs is 5. The summed E-state index contributed by atoms with van der Waals surface area (Å²) in [6.45, 7) is 23.6. The first-order valence-corrected chi connectivity index (χ1v) is 31.7. The third kappa shape index (κ3) is 13.1. The highest BCUT2D eigenvalue weighted by Crippen LogP contribution is 2.70. The van der Waals surface area contributed by atoms with E-state index >= 15 is 4.39 Å². The minimum Gasteiger partial charge on any atom is -0.459 e. The SMILES string of the molecule is CC[C@H]1OC(=O)[C@H](C)[C@@H](OC2C[C@@](C)(OC)[C@@H](OC(=O)CCNCCNC(=O)[C@@]3(O)[C@H](C)CC4C5CCC6=CC(=O)C=C[C@]6(C)[C@@]5(F)[C@@H](O)C[C@@]43C)[C@H](C)O2)[C@@H](C)[C@@H](OC2O[C@H](C)C[C@H](N(C)C)[C@H]2O)[C@](C)(O)C[C@@H](C)CN(C)[C@H](C)[C@@H](O)[C@]1(C)O. The molecule has 3 aliphatic heterocycles. The molecule has 7 aliphatic rings. The fourth-order valence-electron chi connectivity index (χ4n) is 16.9. The van der Waals surface area contributed by atoms with Crippen molar-refractivity contribution >= 4 is 23.6 Å². The predicted octanol–water partition coefficient (Wildman–Crippen LogP) is 3.90. The van der Waals surface area contributed by atoms with Crippen molar-refractivity contribution in [3.63, 3.8) is 0 Å². The summed E-state index contributed by atoms with van der Waals surface area (Å²) >= 11 is 0. The number of aliphatic hydroxyl groups is 6. The lowest BCUT2D eigenvalue weighted by Gasteiger charge is -2.62. The maximum atomic E-state index is 17.7. The molecule has 0 aromatic rings. The minimum absolute atomic E-state index is 0.000939. The van der Waals surface area contributed by atoms with Crippen LogP contribution in [0.4, 0.5) is 4.39 Å². The average Bonchev–Trinajstić information content (AvgIpc) is 1.34. The Hall–Kier alpha value is -3.07. The first-order valence-electron chi connectivity index (χ1n) is 31.7. The van der Waals surface area contributed by atoms with E-state index in [2.05, 4.69) is 10.6 Å². The van der Waals surface area contributed by atoms with Gasteiger partial charge >= 0.3 is 11.9 Å². The van der Waals surface area contributed by atoms with Crippen molar-refractivity contribution in [2.24, 2.45) is 46.3 Å². The number of hydrogen-bond acceptors (Lipinski definition) is 20. The topological polar surface area (TPSA) is 285 Å². The number of halogens is 1. The van der Waals surface area contributed by atoms with E-state index in [-0.39, 0.29) is 75.6 Å². The molecule has 492 valence electrons. The quantitative estimate of drug-likeness (QED) is 0.0853. The lowest BCUT2D eigenvalue weighted by atomic mass is 9.44. The van der Waals surface area contributed by atoms with E-state index in [9.17, 15) is 49.8 Å². The summed E-state index contributed by atoms with van der Waals surface area (Å²) in [6, 6.07) is -0.945. The Kier molecular flexibility index (Phi) is 21.8. The molecule has 4 aliphatic carbocycles. The van der Waals surface area contributed by atoms with Gasteiger partial charge in [-0.2, -0.15) is 0 Å². The number of amides is 1. The van der Waals surface area contributed by atoms with Crippen LogP contribution in [0.5, 0.6) is 0 Å². The van der Waals surface area contributed by atoms with Gasteiger partial charge in [-0.1, -0.05) is 46.3 Å². The van der Waals surface area contributed by atoms with Crippen LogP contribution in [0.3, 0.4) is 0 Å². The number of aliphatic hydroxyl groups excluding tert-OH is 3. The molecule has 3 heterocycles. The molecule has 0 spiro atoms. The van der Waals surface area contributed by atoms with Crippen molar-refractivity contribution in [3.8, 4) is 0 Å². The number of nitrogens with zero attached hydrogens (tertiary/aromatic N) is 2. The lowest BCUT2D eigenvalue weighted by Crippen LogP contribution is -2.70. The zero-order valence-corrected chi connectivity index (χ0v) is 54.3. The minimum atomic E-state index is -2.09. The molecule has 22 heteroatoms. The van der Waals surface area contributed by atoms with Crippen LogP contribution in [0.25, 0.3) is 0 Å². The molecule has 3 saturated carbocycles. The van der Waals surface area contributed by atoms with Gasteiger partial charge < -0.3 is 84.2 Å². The van der Waals surface area contributed by atoms with Gasteiger partial charge in [0.05, 0.1) is 48.5 Å². The first-order chi connectivity index (χ1) is 39.9. The molecule has 21 nitrogen and oxygen atoms in total. The summed E-state index contributed by atoms with van der Waals surface area (Å²) in [7, 11) is 7.03. The highest BCUT2D eigenvalue weighted by molar-refractivity contribution is 6.01. The molecule has 0 aromatic heterocycles. The molecule has 4 unspecified atom stereocenters. The van der Waals surface area contributed by atoms with Crippen LogP contribution < -0.4 is 10.6 Å². The van der Waals surface area contributed by atoms with Gasteiger partial charge in [0.25, 0.3) is 5.91 Å². The number of nitrogens with one attached hydrogen (secondary N) is 2. The number of carbonyl (C=O) groups excluding carboxylic acids is 4. The molecule has 6 fully saturated rings. The molecule has 3 saturated heterocycles. The maximum absolute atomic E-state index is 17.7.